The molecule has 0 spiro atoms. The number of aromatic nitrogens is 6. The maximum absolute atomic E-state index is 9.34. The number of aliphatic hydroxyl groups excluding tert-OH is 1. The second-order valence-corrected chi connectivity index (χ2v) is 7.55. The molecule has 0 bridgehead atoms. The molecule has 0 saturated heterocycles. The van der Waals surface area contributed by atoms with Crippen molar-refractivity contribution in [1.29, 1.82) is 0 Å². The summed E-state index contributed by atoms with van der Waals surface area (Å²) in [6, 6.07) is 13.9. The van der Waals surface area contributed by atoms with Crippen molar-refractivity contribution < 1.29 is 9.84 Å². The minimum atomic E-state index is -0.0806. The van der Waals surface area contributed by atoms with Crippen molar-refractivity contribution in [1.82, 2.24) is 28.9 Å². The van der Waals surface area contributed by atoms with Gasteiger partial charge in [-0.25, -0.2) is 19.9 Å². The predicted molar refractivity (Wildman–Crippen MR) is 125 cm³/mol. The van der Waals surface area contributed by atoms with E-state index in [1.165, 1.54) is 0 Å². The van der Waals surface area contributed by atoms with Crippen LogP contribution in [0.4, 0.5) is 5.82 Å². The van der Waals surface area contributed by atoms with E-state index in [0.717, 1.165) is 45.4 Å². The van der Waals surface area contributed by atoms with Crippen molar-refractivity contribution in [3.63, 3.8) is 0 Å². The summed E-state index contributed by atoms with van der Waals surface area (Å²) in [6.45, 7) is 0.539. The highest BCUT2D eigenvalue weighted by atomic mass is 16.5. The molecule has 0 amide bonds. The van der Waals surface area contributed by atoms with Crippen molar-refractivity contribution in [2.24, 2.45) is 7.05 Å². The number of nitrogens with one attached hydrogen (secondary N) is 1. The van der Waals surface area contributed by atoms with E-state index in [2.05, 4.69) is 37.4 Å². The molecule has 0 atom stereocenters. The molecule has 0 unspecified atom stereocenters. The van der Waals surface area contributed by atoms with Crippen LogP contribution in [0.15, 0.2) is 67.4 Å². The third-order valence-corrected chi connectivity index (χ3v) is 5.60. The Hall–Kier alpha value is -4.24. The molecule has 5 aromatic rings. The fourth-order valence-corrected chi connectivity index (χ4v) is 3.72. The Balaban J connectivity index is 1.31. The molecule has 0 radical (unpaired) electrons. The fourth-order valence-electron chi connectivity index (χ4n) is 3.72. The Morgan fingerprint density at radius 2 is 1.79 bits per heavy atom. The Morgan fingerprint density at radius 1 is 0.970 bits per heavy atom. The third kappa shape index (κ3) is 4.01. The van der Waals surface area contributed by atoms with Crippen molar-refractivity contribution in [3.8, 4) is 28.4 Å². The number of methoxy groups -OCH3 is 1. The maximum atomic E-state index is 9.34. The molecule has 9 nitrogen and oxygen atoms in total. The summed E-state index contributed by atoms with van der Waals surface area (Å²) >= 11 is 0. The van der Waals surface area contributed by atoms with Gasteiger partial charge in [0.1, 0.15) is 36.0 Å². The number of benzene rings is 1. The van der Waals surface area contributed by atoms with Crippen molar-refractivity contribution in [2.75, 3.05) is 12.4 Å². The molecule has 0 aliphatic rings. The molecular weight excluding hydrogens is 418 g/mol. The van der Waals surface area contributed by atoms with E-state index >= 15 is 0 Å². The van der Waals surface area contributed by atoms with E-state index in [-0.39, 0.29) is 6.61 Å². The van der Waals surface area contributed by atoms with Gasteiger partial charge in [0, 0.05) is 31.9 Å². The highest BCUT2D eigenvalue weighted by Crippen LogP contribution is 2.24. The number of aliphatic hydroxyl groups is 1. The number of nitrogens with zero attached hydrogens (tertiary/aromatic N) is 6. The van der Waals surface area contributed by atoms with Gasteiger partial charge >= 0.3 is 0 Å². The lowest BCUT2D eigenvalue weighted by atomic mass is 10.1. The molecule has 33 heavy (non-hydrogen) atoms. The van der Waals surface area contributed by atoms with Gasteiger partial charge in [0.25, 0.3) is 0 Å². The molecule has 4 heterocycles. The molecular formula is C24H23N7O2. The van der Waals surface area contributed by atoms with E-state index in [4.69, 9.17) is 4.74 Å². The van der Waals surface area contributed by atoms with Crippen LogP contribution in [-0.2, 0) is 20.2 Å². The SMILES string of the molecule is COc1ccn2c(-c3cc(NCc4ccc(-c5cnc(CO)n5C)cc4)ncn3)cnc2c1. The number of rotatable bonds is 7. The van der Waals surface area contributed by atoms with Crippen LogP contribution < -0.4 is 10.1 Å². The smallest absolute Gasteiger partial charge is 0.140 e. The first-order chi connectivity index (χ1) is 16.2. The van der Waals surface area contributed by atoms with Gasteiger partial charge in [0.05, 0.1) is 36.6 Å². The molecule has 0 aliphatic heterocycles. The van der Waals surface area contributed by atoms with Crippen LogP contribution >= 0.6 is 0 Å². The second kappa shape index (κ2) is 8.71. The number of hydrogen-bond acceptors (Lipinski definition) is 7. The Labute approximate surface area is 190 Å². The Morgan fingerprint density at radius 3 is 2.55 bits per heavy atom. The zero-order valence-electron chi connectivity index (χ0n) is 18.3. The van der Waals surface area contributed by atoms with E-state index in [0.29, 0.717) is 12.4 Å². The summed E-state index contributed by atoms with van der Waals surface area (Å²) in [7, 11) is 3.54. The summed E-state index contributed by atoms with van der Waals surface area (Å²) in [5.74, 6) is 2.13. The van der Waals surface area contributed by atoms with Gasteiger partial charge < -0.3 is 19.7 Å². The van der Waals surface area contributed by atoms with Gasteiger partial charge in [-0.05, 0) is 17.2 Å². The van der Waals surface area contributed by atoms with E-state index in [9.17, 15) is 5.11 Å². The van der Waals surface area contributed by atoms with Gasteiger partial charge in [-0.3, -0.25) is 4.40 Å². The number of fused-ring (bicyclic) bond motifs is 1. The van der Waals surface area contributed by atoms with Crippen LogP contribution in [0, 0.1) is 0 Å². The topological polar surface area (TPSA) is 102 Å². The average Bonchev–Trinajstić information content (AvgIpc) is 3.46. The van der Waals surface area contributed by atoms with Crippen LogP contribution in [0.1, 0.15) is 11.4 Å². The molecule has 5 rings (SSSR count). The largest absolute Gasteiger partial charge is 0.497 e. The minimum absolute atomic E-state index is 0.0806. The molecule has 0 saturated carbocycles. The monoisotopic (exact) mass is 441 g/mol. The number of hydrogen-bond donors (Lipinski definition) is 2. The van der Waals surface area contributed by atoms with Gasteiger partial charge in [-0.15, -0.1) is 0 Å². The van der Waals surface area contributed by atoms with Crippen molar-refractivity contribution in [2.45, 2.75) is 13.2 Å². The van der Waals surface area contributed by atoms with Gasteiger partial charge in [0.15, 0.2) is 0 Å². The summed E-state index contributed by atoms with van der Waals surface area (Å²) in [5, 5.41) is 12.7. The molecule has 4 aromatic heterocycles. The summed E-state index contributed by atoms with van der Waals surface area (Å²) in [5.41, 5.74) is 5.56. The summed E-state index contributed by atoms with van der Waals surface area (Å²) in [4.78, 5) is 17.5. The predicted octanol–water partition coefficient (Wildman–Crippen LogP) is 3.30. The molecule has 0 fully saturated rings. The Kier molecular flexibility index (Phi) is 5.45. The first-order valence-electron chi connectivity index (χ1n) is 10.4. The lowest BCUT2D eigenvalue weighted by Crippen LogP contribution is -2.03. The molecule has 166 valence electrons. The molecule has 1 aromatic carbocycles. The first-order valence-corrected chi connectivity index (χ1v) is 10.4. The van der Waals surface area contributed by atoms with Crippen LogP contribution in [-0.4, -0.2) is 41.1 Å². The standard InChI is InChI=1S/C24H23N7O2/c1-30-20(12-27-24(30)14-32)17-5-3-16(4-6-17)11-25-22-10-19(28-15-29-22)21-13-26-23-9-18(33-2)7-8-31(21)23/h3-10,12-13,15,32H,11,14H2,1-2H3,(H,25,28,29). The number of imidazole rings is 2. The number of anilines is 1. The number of ether oxygens (including phenoxy) is 1. The summed E-state index contributed by atoms with van der Waals surface area (Å²) in [6.07, 6.45) is 7.03. The molecule has 9 heteroatoms. The van der Waals surface area contributed by atoms with Gasteiger partial charge in [-0.2, -0.15) is 0 Å². The minimum Gasteiger partial charge on any atom is -0.497 e. The van der Waals surface area contributed by atoms with E-state index < -0.39 is 0 Å². The van der Waals surface area contributed by atoms with Crippen molar-refractivity contribution >= 4 is 11.5 Å². The molecule has 2 N–H and O–H groups in total. The quantitative estimate of drug-likeness (QED) is 0.399. The van der Waals surface area contributed by atoms with Gasteiger partial charge in [0.2, 0.25) is 0 Å². The van der Waals surface area contributed by atoms with Crippen LogP contribution in [0.2, 0.25) is 0 Å². The fraction of sp³-hybridized carbons (Fsp3) is 0.167. The maximum Gasteiger partial charge on any atom is 0.140 e. The van der Waals surface area contributed by atoms with Gasteiger partial charge in [-0.1, -0.05) is 24.3 Å². The average molecular weight is 441 g/mol. The zero-order chi connectivity index (χ0) is 22.8. The Bertz CT molecular complexity index is 1410. The second-order valence-electron chi connectivity index (χ2n) is 7.55. The van der Waals surface area contributed by atoms with Crippen LogP contribution in [0.5, 0.6) is 5.75 Å². The molecule has 0 aliphatic carbocycles. The first kappa shape index (κ1) is 20.7. The number of pyridine rings is 1. The van der Waals surface area contributed by atoms with Crippen LogP contribution in [0.25, 0.3) is 28.3 Å². The summed E-state index contributed by atoms with van der Waals surface area (Å²) < 4.78 is 9.13. The normalized spacial score (nSPS) is 11.1. The van der Waals surface area contributed by atoms with Crippen LogP contribution in [0.3, 0.4) is 0 Å². The van der Waals surface area contributed by atoms with E-state index in [1.54, 1.807) is 25.8 Å². The highest BCUT2D eigenvalue weighted by molar-refractivity contribution is 5.64. The lowest BCUT2D eigenvalue weighted by molar-refractivity contribution is 0.267. The highest BCUT2D eigenvalue weighted by Gasteiger charge is 2.10. The van der Waals surface area contributed by atoms with Crippen molar-refractivity contribution in [3.05, 3.63) is 78.8 Å². The lowest BCUT2D eigenvalue weighted by Gasteiger charge is -2.09. The zero-order valence-corrected chi connectivity index (χ0v) is 18.3. The van der Waals surface area contributed by atoms with E-state index in [1.807, 2.05) is 52.5 Å². The third-order valence-electron chi connectivity index (χ3n) is 5.60.